The van der Waals surface area contributed by atoms with Crippen molar-refractivity contribution in [3.8, 4) is 33.9 Å². The minimum absolute atomic E-state index is 0.0879. The smallest absolute Gasteiger partial charge is 0.267 e. The second kappa shape index (κ2) is 8.54. The first kappa shape index (κ1) is 22.8. The first-order chi connectivity index (χ1) is 15.6. The van der Waals surface area contributed by atoms with Gasteiger partial charge in [-0.15, -0.1) is 0 Å². The lowest BCUT2D eigenvalue weighted by molar-refractivity contribution is 0.0930. The molecule has 1 aromatic heterocycles. The maximum atomic E-state index is 14.9. The molecule has 0 unspecified atom stereocenters. The highest BCUT2D eigenvalue weighted by molar-refractivity contribution is 5.98. The Morgan fingerprint density at radius 3 is 2.33 bits per heavy atom. The second-order valence-corrected chi connectivity index (χ2v) is 9.43. The van der Waals surface area contributed by atoms with Gasteiger partial charge in [-0.25, -0.2) is 8.78 Å². The third-order valence-corrected chi connectivity index (χ3v) is 5.80. The van der Waals surface area contributed by atoms with Crippen LogP contribution in [0.25, 0.3) is 22.4 Å². The highest BCUT2D eigenvalue weighted by Crippen LogP contribution is 2.44. The Kier molecular flexibility index (Phi) is 5.91. The summed E-state index contributed by atoms with van der Waals surface area (Å²) in [6.45, 7) is 7.15. The summed E-state index contributed by atoms with van der Waals surface area (Å²) in [7, 11) is 3.13. The molecule has 2 heterocycles. The van der Waals surface area contributed by atoms with Crippen LogP contribution < -0.4 is 14.8 Å². The number of benzene rings is 2. The Bertz CT molecular complexity index is 1230. The van der Waals surface area contributed by atoms with E-state index >= 15 is 0 Å². The molecule has 4 rings (SSSR count). The van der Waals surface area contributed by atoms with Crippen LogP contribution in [0.4, 0.5) is 8.78 Å². The summed E-state index contributed by atoms with van der Waals surface area (Å²) in [6.07, 6.45) is 0.669. The number of hydrogen-bond donors (Lipinski definition) is 1. The van der Waals surface area contributed by atoms with Gasteiger partial charge in [0, 0.05) is 35.8 Å². The van der Waals surface area contributed by atoms with E-state index in [4.69, 9.17) is 9.47 Å². The number of carbonyl (C=O) groups is 1. The van der Waals surface area contributed by atoms with E-state index in [2.05, 4.69) is 5.32 Å². The average Bonchev–Trinajstić information content (AvgIpc) is 3.15. The molecule has 3 aromatic rings. The van der Waals surface area contributed by atoms with E-state index in [1.165, 1.54) is 12.1 Å². The predicted molar refractivity (Wildman–Crippen MR) is 124 cm³/mol. The lowest BCUT2D eigenvalue weighted by Crippen LogP contribution is -2.33. The van der Waals surface area contributed by atoms with Gasteiger partial charge in [-0.3, -0.25) is 4.79 Å². The van der Waals surface area contributed by atoms with Gasteiger partial charge in [0.2, 0.25) is 0 Å². The van der Waals surface area contributed by atoms with Gasteiger partial charge in [-0.05, 0) is 47.7 Å². The van der Waals surface area contributed by atoms with Crippen molar-refractivity contribution in [2.75, 3.05) is 20.8 Å². The number of carbonyl (C=O) groups excluding carboxylic acids is 1. The molecule has 1 aliphatic heterocycles. The highest BCUT2D eigenvalue weighted by Gasteiger charge is 2.29. The zero-order valence-electron chi connectivity index (χ0n) is 19.5. The molecular formula is C26H28F2N2O3. The predicted octanol–water partition coefficient (Wildman–Crippen LogP) is 5.45. The van der Waals surface area contributed by atoms with E-state index in [1.54, 1.807) is 20.3 Å². The van der Waals surface area contributed by atoms with Gasteiger partial charge in [0.15, 0.2) is 11.5 Å². The number of ether oxygens (including phenoxy) is 2. The van der Waals surface area contributed by atoms with Crippen molar-refractivity contribution in [1.29, 1.82) is 0 Å². The lowest BCUT2D eigenvalue weighted by Gasteiger charge is -2.24. The van der Waals surface area contributed by atoms with E-state index in [0.717, 1.165) is 17.2 Å². The molecule has 5 nitrogen and oxygen atoms in total. The molecule has 0 saturated carbocycles. The van der Waals surface area contributed by atoms with Crippen LogP contribution in [0.5, 0.6) is 11.5 Å². The molecule has 0 aliphatic carbocycles. The normalized spacial score (nSPS) is 12.7. The molecule has 174 valence electrons. The number of aromatic nitrogens is 1. The Labute approximate surface area is 192 Å². The third kappa shape index (κ3) is 4.32. The maximum absolute atomic E-state index is 14.9. The van der Waals surface area contributed by atoms with Crippen LogP contribution in [0.15, 0.2) is 36.4 Å². The minimum Gasteiger partial charge on any atom is -0.493 e. The summed E-state index contributed by atoms with van der Waals surface area (Å²) in [5.74, 6) is -0.426. The van der Waals surface area contributed by atoms with Crippen molar-refractivity contribution in [2.45, 2.75) is 33.7 Å². The monoisotopic (exact) mass is 454 g/mol. The van der Waals surface area contributed by atoms with Gasteiger partial charge in [0.05, 0.1) is 19.9 Å². The minimum atomic E-state index is -0.683. The molecule has 7 heteroatoms. The summed E-state index contributed by atoms with van der Waals surface area (Å²) in [5, 5.41) is 2.98. The SMILES string of the molecule is COc1cc2c(cc1OC)-c1c(-c3ccc(F)cc3F)cc(C(=O)NCC(C)(C)C)n1CC2. The Morgan fingerprint density at radius 2 is 1.70 bits per heavy atom. The number of aryl methyl sites for hydroxylation is 1. The van der Waals surface area contributed by atoms with Crippen molar-refractivity contribution in [3.63, 3.8) is 0 Å². The van der Waals surface area contributed by atoms with Crippen molar-refractivity contribution >= 4 is 5.91 Å². The van der Waals surface area contributed by atoms with Gasteiger partial charge in [-0.2, -0.15) is 0 Å². The van der Waals surface area contributed by atoms with E-state index in [1.807, 2.05) is 37.5 Å². The zero-order valence-corrected chi connectivity index (χ0v) is 19.5. The average molecular weight is 455 g/mol. The first-order valence-corrected chi connectivity index (χ1v) is 10.9. The van der Waals surface area contributed by atoms with Crippen LogP contribution in [0.2, 0.25) is 0 Å². The molecule has 0 atom stereocenters. The molecular weight excluding hydrogens is 426 g/mol. The van der Waals surface area contributed by atoms with Crippen molar-refractivity contribution in [3.05, 3.63) is 59.3 Å². The van der Waals surface area contributed by atoms with Crippen LogP contribution in [0.1, 0.15) is 36.8 Å². The number of rotatable bonds is 5. The van der Waals surface area contributed by atoms with Gasteiger partial charge in [-0.1, -0.05) is 20.8 Å². The van der Waals surface area contributed by atoms with Gasteiger partial charge >= 0.3 is 0 Å². The van der Waals surface area contributed by atoms with Crippen LogP contribution in [-0.2, 0) is 13.0 Å². The zero-order chi connectivity index (χ0) is 23.9. The van der Waals surface area contributed by atoms with Crippen LogP contribution in [-0.4, -0.2) is 31.2 Å². The van der Waals surface area contributed by atoms with Crippen molar-refractivity contribution in [1.82, 2.24) is 9.88 Å². The van der Waals surface area contributed by atoms with E-state index in [9.17, 15) is 13.6 Å². The molecule has 33 heavy (non-hydrogen) atoms. The molecule has 0 fully saturated rings. The van der Waals surface area contributed by atoms with Crippen molar-refractivity contribution < 1.29 is 23.0 Å². The fourth-order valence-electron chi connectivity index (χ4n) is 4.19. The summed E-state index contributed by atoms with van der Waals surface area (Å²) in [4.78, 5) is 13.2. The number of halogens is 2. The Hall–Kier alpha value is -3.35. The van der Waals surface area contributed by atoms with E-state index in [-0.39, 0.29) is 16.9 Å². The van der Waals surface area contributed by atoms with Crippen LogP contribution in [0, 0.1) is 17.0 Å². The summed E-state index contributed by atoms with van der Waals surface area (Å²) in [5.41, 5.74) is 3.64. The Morgan fingerprint density at radius 1 is 1.00 bits per heavy atom. The number of amides is 1. The molecule has 0 radical (unpaired) electrons. The van der Waals surface area contributed by atoms with Gasteiger partial charge in [0.1, 0.15) is 17.3 Å². The van der Waals surface area contributed by atoms with Crippen LogP contribution >= 0.6 is 0 Å². The summed E-state index contributed by atoms with van der Waals surface area (Å²) < 4.78 is 41.3. The molecule has 2 aromatic carbocycles. The topological polar surface area (TPSA) is 52.5 Å². The second-order valence-electron chi connectivity index (χ2n) is 9.43. The standard InChI is InChI=1S/C26H28F2N2O3/c1-26(2,3)14-29-25(31)21-12-19(17-7-6-16(27)11-20(17)28)24-18-13-23(33-5)22(32-4)10-15(18)8-9-30(21)24/h6-7,10-13H,8-9,14H2,1-5H3,(H,29,31). The first-order valence-electron chi connectivity index (χ1n) is 10.9. The molecule has 0 bridgehead atoms. The van der Waals surface area contributed by atoms with Crippen molar-refractivity contribution in [2.24, 2.45) is 5.41 Å². The van der Waals surface area contributed by atoms with E-state index < -0.39 is 11.6 Å². The number of fused-ring (bicyclic) bond motifs is 3. The summed E-state index contributed by atoms with van der Waals surface area (Å²) in [6, 6.07) is 8.94. The molecule has 0 saturated heterocycles. The summed E-state index contributed by atoms with van der Waals surface area (Å²) >= 11 is 0. The highest BCUT2D eigenvalue weighted by atomic mass is 19.1. The Balaban J connectivity index is 1.93. The lowest BCUT2D eigenvalue weighted by atomic mass is 9.93. The van der Waals surface area contributed by atoms with Gasteiger partial charge < -0.3 is 19.4 Å². The fourth-order valence-corrected chi connectivity index (χ4v) is 4.19. The largest absolute Gasteiger partial charge is 0.493 e. The molecule has 1 aliphatic rings. The van der Waals surface area contributed by atoms with E-state index in [0.29, 0.717) is 48.0 Å². The molecule has 0 spiro atoms. The van der Waals surface area contributed by atoms with Crippen LogP contribution in [0.3, 0.4) is 0 Å². The number of hydrogen-bond acceptors (Lipinski definition) is 3. The molecule has 1 amide bonds. The molecule has 1 N–H and O–H groups in total. The maximum Gasteiger partial charge on any atom is 0.267 e. The number of methoxy groups -OCH3 is 2. The third-order valence-electron chi connectivity index (χ3n) is 5.80. The fraction of sp³-hybridized carbons (Fsp3) is 0.346. The number of nitrogens with one attached hydrogen (secondary N) is 1. The number of nitrogens with zero attached hydrogens (tertiary/aromatic N) is 1. The quantitative estimate of drug-likeness (QED) is 0.558. The van der Waals surface area contributed by atoms with Gasteiger partial charge in [0.25, 0.3) is 5.91 Å².